The first kappa shape index (κ1) is 11.6. The Morgan fingerprint density at radius 1 is 1.50 bits per heavy atom. The first-order valence-electron chi connectivity index (χ1n) is 5.25. The van der Waals surface area contributed by atoms with Crippen molar-refractivity contribution in [2.45, 2.75) is 44.2 Å². The predicted octanol–water partition coefficient (Wildman–Crippen LogP) is 0.224. The smallest absolute Gasteiger partial charge is 0.163 e. The van der Waals surface area contributed by atoms with Crippen molar-refractivity contribution in [1.29, 1.82) is 0 Å². The molecule has 0 aromatic rings. The number of carbonyl (C=O) groups excluding carboxylic acids is 1. The highest BCUT2D eigenvalue weighted by atomic mass is 16.6. The lowest BCUT2D eigenvalue weighted by molar-refractivity contribution is -0.120. The van der Waals surface area contributed by atoms with Crippen molar-refractivity contribution in [3.63, 3.8) is 0 Å². The van der Waals surface area contributed by atoms with Gasteiger partial charge in [-0.1, -0.05) is 12.8 Å². The fourth-order valence-electron chi connectivity index (χ4n) is 1.37. The molecule has 1 rings (SSSR count). The summed E-state index contributed by atoms with van der Waals surface area (Å²) in [5, 5.41) is 8.66. The van der Waals surface area contributed by atoms with E-state index in [1.54, 1.807) is 0 Å². The van der Waals surface area contributed by atoms with Gasteiger partial charge < -0.3 is 15.6 Å². The summed E-state index contributed by atoms with van der Waals surface area (Å²) in [6, 6.07) is -0.0996. The second kappa shape index (κ2) is 6.11. The van der Waals surface area contributed by atoms with E-state index in [1.165, 1.54) is 0 Å². The average molecular weight is 201 g/mol. The van der Waals surface area contributed by atoms with E-state index in [0.29, 0.717) is 13.0 Å². The molecule has 1 saturated heterocycles. The lowest BCUT2D eigenvalue weighted by atomic mass is 10.1. The van der Waals surface area contributed by atoms with Gasteiger partial charge in [0.2, 0.25) is 0 Å². The first-order chi connectivity index (χ1) is 6.74. The van der Waals surface area contributed by atoms with Gasteiger partial charge in [-0.15, -0.1) is 0 Å². The maximum absolute atomic E-state index is 11.2. The number of aliphatic hydroxyl groups excluding tert-OH is 1. The van der Waals surface area contributed by atoms with Crippen LogP contribution in [0.1, 0.15) is 32.1 Å². The third kappa shape index (κ3) is 4.69. The Hall–Kier alpha value is -0.450. The van der Waals surface area contributed by atoms with Crippen LogP contribution < -0.4 is 5.73 Å². The van der Waals surface area contributed by atoms with Crippen LogP contribution in [0.2, 0.25) is 0 Å². The normalized spacial score (nSPS) is 22.0. The van der Waals surface area contributed by atoms with Crippen LogP contribution in [0, 0.1) is 0 Å². The van der Waals surface area contributed by atoms with Gasteiger partial charge in [0.05, 0.1) is 13.2 Å². The maximum atomic E-state index is 11.2. The third-order valence-corrected chi connectivity index (χ3v) is 2.43. The molecule has 1 heterocycles. The molecule has 0 radical (unpaired) electrons. The zero-order valence-electron chi connectivity index (χ0n) is 8.45. The Morgan fingerprint density at radius 3 is 2.79 bits per heavy atom. The second-order valence-electron chi connectivity index (χ2n) is 3.83. The molecule has 1 fully saturated rings. The van der Waals surface area contributed by atoms with Crippen LogP contribution in [0.4, 0.5) is 0 Å². The van der Waals surface area contributed by atoms with Gasteiger partial charge in [-0.25, -0.2) is 0 Å². The zero-order chi connectivity index (χ0) is 10.4. The fraction of sp³-hybridized carbons (Fsp3) is 0.900. The van der Waals surface area contributed by atoms with E-state index >= 15 is 0 Å². The molecule has 3 N–H and O–H groups in total. The van der Waals surface area contributed by atoms with Crippen LogP contribution in [0.3, 0.4) is 0 Å². The standard InChI is InChI=1S/C10H19NO3/c11-8(6-12)4-2-1-3-5-9(13)10-7-14-10/h8,10,12H,1-7,11H2/t8-,10?/m0/s1. The highest BCUT2D eigenvalue weighted by Gasteiger charge is 2.29. The highest BCUT2D eigenvalue weighted by Crippen LogP contribution is 2.14. The molecule has 0 aliphatic carbocycles. The molecule has 1 unspecified atom stereocenters. The number of hydrogen-bond acceptors (Lipinski definition) is 4. The van der Waals surface area contributed by atoms with Crippen molar-refractivity contribution in [2.75, 3.05) is 13.2 Å². The highest BCUT2D eigenvalue weighted by molar-refractivity contribution is 5.84. The molecule has 0 bridgehead atoms. The molecule has 4 nitrogen and oxygen atoms in total. The van der Waals surface area contributed by atoms with E-state index in [9.17, 15) is 4.79 Å². The van der Waals surface area contributed by atoms with Gasteiger partial charge in [-0.05, 0) is 12.8 Å². The van der Waals surface area contributed by atoms with Crippen molar-refractivity contribution in [3.8, 4) is 0 Å². The van der Waals surface area contributed by atoms with Gasteiger partial charge in [0.15, 0.2) is 5.78 Å². The number of epoxide rings is 1. The van der Waals surface area contributed by atoms with Gasteiger partial charge in [-0.3, -0.25) is 4.79 Å². The minimum absolute atomic E-state index is 0.0504. The van der Waals surface area contributed by atoms with Crippen LogP contribution >= 0.6 is 0 Å². The molecule has 1 aliphatic heterocycles. The van der Waals surface area contributed by atoms with Crippen molar-refractivity contribution >= 4 is 5.78 Å². The maximum Gasteiger partial charge on any atom is 0.163 e. The topological polar surface area (TPSA) is 75.8 Å². The molecule has 0 saturated carbocycles. The average Bonchev–Trinajstić information content (AvgIpc) is 2.99. The molecule has 82 valence electrons. The van der Waals surface area contributed by atoms with E-state index in [1.807, 2.05) is 0 Å². The van der Waals surface area contributed by atoms with Crippen LogP contribution in [0.5, 0.6) is 0 Å². The van der Waals surface area contributed by atoms with Crippen molar-refractivity contribution in [1.82, 2.24) is 0 Å². The Morgan fingerprint density at radius 2 is 2.21 bits per heavy atom. The summed E-state index contributed by atoms with van der Waals surface area (Å²) in [5.74, 6) is 0.233. The summed E-state index contributed by atoms with van der Waals surface area (Å²) < 4.78 is 4.88. The monoisotopic (exact) mass is 201 g/mol. The van der Waals surface area contributed by atoms with Gasteiger partial charge in [0.1, 0.15) is 6.10 Å². The number of nitrogens with two attached hydrogens (primary N) is 1. The number of Topliss-reactive ketones (excluding diaryl/α,β-unsaturated/α-hetero) is 1. The van der Waals surface area contributed by atoms with Gasteiger partial charge >= 0.3 is 0 Å². The Balaban J connectivity index is 1.86. The number of hydrogen-bond donors (Lipinski definition) is 2. The molecule has 0 aromatic heterocycles. The summed E-state index contributed by atoms with van der Waals surface area (Å²) in [6.45, 7) is 0.670. The molecule has 14 heavy (non-hydrogen) atoms. The van der Waals surface area contributed by atoms with Crippen molar-refractivity contribution in [3.05, 3.63) is 0 Å². The lowest BCUT2D eigenvalue weighted by Crippen LogP contribution is -2.23. The van der Waals surface area contributed by atoms with E-state index < -0.39 is 0 Å². The number of aliphatic hydroxyl groups is 1. The number of rotatable bonds is 8. The van der Waals surface area contributed by atoms with Crippen LogP contribution in [-0.2, 0) is 9.53 Å². The molecule has 0 amide bonds. The summed E-state index contributed by atoms with van der Waals surface area (Å²) in [6.07, 6.45) is 4.28. The van der Waals surface area contributed by atoms with E-state index in [0.717, 1.165) is 25.7 Å². The SMILES string of the molecule is N[C@H](CO)CCCCCC(=O)C1CO1. The van der Waals surface area contributed by atoms with E-state index in [2.05, 4.69) is 0 Å². The summed E-state index contributed by atoms with van der Waals surface area (Å²) >= 11 is 0. The van der Waals surface area contributed by atoms with Gasteiger partial charge in [-0.2, -0.15) is 0 Å². The zero-order valence-corrected chi connectivity index (χ0v) is 8.45. The second-order valence-corrected chi connectivity index (χ2v) is 3.83. The Bertz CT molecular complexity index is 180. The molecule has 0 spiro atoms. The summed E-state index contributed by atoms with van der Waals surface area (Å²) in [7, 11) is 0. The van der Waals surface area contributed by atoms with Crippen LogP contribution in [0.15, 0.2) is 0 Å². The number of ketones is 1. The first-order valence-corrected chi connectivity index (χ1v) is 5.25. The predicted molar refractivity (Wildman–Crippen MR) is 52.9 cm³/mol. The lowest BCUT2D eigenvalue weighted by Gasteiger charge is -2.06. The number of ether oxygens (including phenoxy) is 1. The summed E-state index contributed by atoms with van der Waals surface area (Å²) in [4.78, 5) is 11.2. The molecule has 4 heteroatoms. The molecule has 1 aliphatic rings. The Labute approximate surface area is 84.4 Å². The third-order valence-electron chi connectivity index (χ3n) is 2.43. The van der Waals surface area contributed by atoms with Crippen LogP contribution in [-0.4, -0.2) is 36.2 Å². The fourth-order valence-corrected chi connectivity index (χ4v) is 1.37. The van der Waals surface area contributed by atoms with Gasteiger partial charge in [0.25, 0.3) is 0 Å². The number of carbonyl (C=O) groups is 1. The molecular formula is C10H19NO3. The molecular weight excluding hydrogens is 182 g/mol. The van der Waals surface area contributed by atoms with Gasteiger partial charge in [0, 0.05) is 12.5 Å². The number of unbranched alkanes of at least 4 members (excludes halogenated alkanes) is 2. The van der Waals surface area contributed by atoms with E-state index in [-0.39, 0.29) is 24.5 Å². The van der Waals surface area contributed by atoms with E-state index in [4.69, 9.17) is 15.6 Å². The summed E-state index contributed by atoms with van der Waals surface area (Å²) in [5.41, 5.74) is 5.54. The Kier molecular flexibility index (Phi) is 5.07. The minimum atomic E-state index is -0.0996. The molecule has 2 atom stereocenters. The molecule has 0 aromatic carbocycles. The minimum Gasteiger partial charge on any atom is -0.395 e. The quantitative estimate of drug-likeness (QED) is 0.435. The largest absolute Gasteiger partial charge is 0.395 e. The van der Waals surface area contributed by atoms with Crippen molar-refractivity contribution < 1.29 is 14.6 Å². The van der Waals surface area contributed by atoms with Crippen molar-refractivity contribution in [2.24, 2.45) is 5.73 Å². The van der Waals surface area contributed by atoms with Crippen LogP contribution in [0.25, 0.3) is 0 Å².